The molecule has 1 fully saturated rings. The van der Waals surface area contributed by atoms with Crippen molar-refractivity contribution >= 4 is 5.69 Å². The van der Waals surface area contributed by atoms with E-state index in [1.165, 1.54) is 0 Å². The molecule has 0 aliphatic carbocycles. The number of aromatic nitrogens is 1. The Balaban J connectivity index is 1.95. The second-order valence-corrected chi connectivity index (χ2v) is 4.68. The van der Waals surface area contributed by atoms with Gasteiger partial charge in [-0.2, -0.15) is 0 Å². The maximum Gasteiger partial charge on any atom is 0.0874 e. The second-order valence-electron chi connectivity index (χ2n) is 4.68. The highest BCUT2D eigenvalue weighted by Gasteiger charge is 2.31. The van der Waals surface area contributed by atoms with Crippen molar-refractivity contribution in [3.8, 4) is 0 Å². The predicted octanol–water partition coefficient (Wildman–Crippen LogP) is 1.57. The van der Waals surface area contributed by atoms with Gasteiger partial charge >= 0.3 is 0 Å². The van der Waals surface area contributed by atoms with Gasteiger partial charge in [0.25, 0.3) is 0 Å². The molecule has 1 aliphatic rings. The van der Waals surface area contributed by atoms with Crippen molar-refractivity contribution in [1.29, 1.82) is 0 Å². The molecule has 1 aromatic heterocycles. The molecule has 2 heterocycles. The van der Waals surface area contributed by atoms with Crippen molar-refractivity contribution in [1.82, 2.24) is 10.3 Å². The van der Waals surface area contributed by atoms with Gasteiger partial charge in [-0.3, -0.25) is 4.98 Å². The molecular weight excluding hydrogens is 214 g/mol. The van der Waals surface area contributed by atoms with Gasteiger partial charge in [0.1, 0.15) is 0 Å². The summed E-state index contributed by atoms with van der Waals surface area (Å²) in [5, 5.41) is 6.82. The molecule has 4 heteroatoms. The van der Waals surface area contributed by atoms with Gasteiger partial charge < -0.3 is 15.4 Å². The average molecular weight is 235 g/mol. The number of hydrogen-bond acceptors (Lipinski definition) is 4. The van der Waals surface area contributed by atoms with E-state index >= 15 is 0 Å². The van der Waals surface area contributed by atoms with Crippen LogP contribution in [0.15, 0.2) is 18.3 Å². The number of pyridine rings is 1. The number of nitrogens with zero attached hydrogens (tertiary/aromatic N) is 1. The SMILES string of the molecule is COC1(CNc2ccnc(C)c2)CCNCC1. The number of anilines is 1. The quantitative estimate of drug-likeness (QED) is 0.831. The second kappa shape index (κ2) is 5.47. The first-order chi connectivity index (χ1) is 8.24. The number of aryl methyl sites for hydroxylation is 1. The van der Waals surface area contributed by atoms with E-state index in [4.69, 9.17) is 4.74 Å². The zero-order valence-electron chi connectivity index (χ0n) is 10.6. The van der Waals surface area contributed by atoms with Crippen LogP contribution in [-0.4, -0.2) is 37.3 Å². The predicted molar refractivity (Wildman–Crippen MR) is 69.3 cm³/mol. The van der Waals surface area contributed by atoms with Crippen LogP contribution in [0.25, 0.3) is 0 Å². The summed E-state index contributed by atoms with van der Waals surface area (Å²) in [7, 11) is 1.81. The van der Waals surface area contributed by atoms with Gasteiger partial charge in [0.2, 0.25) is 0 Å². The van der Waals surface area contributed by atoms with Crippen LogP contribution < -0.4 is 10.6 Å². The van der Waals surface area contributed by atoms with E-state index in [2.05, 4.69) is 21.7 Å². The number of rotatable bonds is 4. The summed E-state index contributed by atoms with van der Waals surface area (Å²) < 4.78 is 5.71. The minimum atomic E-state index is -0.0254. The summed E-state index contributed by atoms with van der Waals surface area (Å²) in [6.45, 7) is 4.92. The average Bonchev–Trinajstić information content (AvgIpc) is 2.38. The topological polar surface area (TPSA) is 46.2 Å². The minimum Gasteiger partial charge on any atom is -0.382 e. The van der Waals surface area contributed by atoms with E-state index < -0.39 is 0 Å². The normalized spacial score (nSPS) is 18.9. The number of methoxy groups -OCH3 is 1. The van der Waals surface area contributed by atoms with E-state index in [9.17, 15) is 0 Å². The molecule has 2 N–H and O–H groups in total. The molecule has 4 nitrogen and oxygen atoms in total. The molecule has 1 aromatic rings. The Hall–Kier alpha value is -1.13. The number of nitrogens with one attached hydrogen (secondary N) is 2. The molecule has 0 atom stereocenters. The third-order valence-electron chi connectivity index (χ3n) is 3.46. The molecule has 1 aliphatic heterocycles. The molecule has 2 rings (SSSR count). The minimum absolute atomic E-state index is 0.0254. The summed E-state index contributed by atoms with van der Waals surface area (Å²) in [4.78, 5) is 4.19. The maximum absolute atomic E-state index is 5.71. The molecule has 94 valence electrons. The lowest BCUT2D eigenvalue weighted by Gasteiger charge is -2.36. The molecule has 0 unspecified atom stereocenters. The van der Waals surface area contributed by atoms with Gasteiger partial charge in [0.05, 0.1) is 5.60 Å². The van der Waals surface area contributed by atoms with Crippen LogP contribution in [0.4, 0.5) is 5.69 Å². The Morgan fingerprint density at radius 2 is 2.24 bits per heavy atom. The van der Waals surface area contributed by atoms with Gasteiger partial charge in [-0.15, -0.1) is 0 Å². The van der Waals surface area contributed by atoms with Crippen LogP contribution >= 0.6 is 0 Å². The Labute approximate surface area is 103 Å². The van der Waals surface area contributed by atoms with Gasteiger partial charge in [-0.1, -0.05) is 0 Å². The van der Waals surface area contributed by atoms with Crippen molar-refractivity contribution in [2.24, 2.45) is 0 Å². The highest BCUT2D eigenvalue weighted by molar-refractivity contribution is 5.43. The largest absolute Gasteiger partial charge is 0.382 e. The fraction of sp³-hybridized carbons (Fsp3) is 0.615. The monoisotopic (exact) mass is 235 g/mol. The summed E-state index contributed by atoms with van der Waals surface area (Å²) in [6, 6.07) is 4.06. The van der Waals surface area contributed by atoms with Crippen molar-refractivity contribution < 1.29 is 4.74 Å². The fourth-order valence-electron chi connectivity index (χ4n) is 2.25. The maximum atomic E-state index is 5.71. The van der Waals surface area contributed by atoms with E-state index in [-0.39, 0.29) is 5.60 Å². The number of hydrogen-bond donors (Lipinski definition) is 2. The molecule has 0 bridgehead atoms. The summed E-state index contributed by atoms with van der Waals surface area (Å²) in [5.74, 6) is 0. The molecule has 0 amide bonds. The highest BCUT2D eigenvalue weighted by atomic mass is 16.5. The van der Waals surface area contributed by atoms with Crippen LogP contribution in [0.5, 0.6) is 0 Å². The van der Waals surface area contributed by atoms with Gasteiger partial charge in [-0.25, -0.2) is 0 Å². The first-order valence-electron chi connectivity index (χ1n) is 6.16. The highest BCUT2D eigenvalue weighted by Crippen LogP contribution is 2.23. The van der Waals surface area contributed by atoms with Gasteiger partial charge in [0, 0.05) is 31.2 Å². The van der Waals surface area contributed by atoms with Crippen molar-refractivity contribution in [2.45, 2.75) is 25.4 Å². The molecule has 0 radical (unpaired) electrons. The van der Waals surface area contributed by atoms with Crippen LogP contribution in [-0.2, 0) is 4.74 Å². The van der Waals surface area contributed by atoms with E-state index in [0.717, 1.165) is 43.9 Å². The van der Waals surface area contributed by atoms with Crippen molar-refractivity contribution in [3.63, 3.8) is 0 Å². The zero-order chi connectivity index (χ0) is 12.1. The van der Waals surface area contributed by atoms with Crippen LogP contribution in [0.1, 0.15) is 18.5 Å². The fourth-order valence-corrected chi connectivity index (χ4v) is 2.25. The van der Waals surface area contributed by atoms with Gasteiger partial charge in [0.15, 0.2) is 0 Å². The lowest BCUT2D eigenvalue weighted by molar-refractivity contribution is -0.0226. The standard InChI is InChI=1S/C13H21N3O/c1-11-9-12(3-6-15-11)16-10-13(17-2)4-7-14-8-5-13/h3,6,9,14H,4-5,7-8,10H2,1-2H3,(H,15,16). The summed E-state index contributed by atoms with van der Waals surface area (Å²) >= 11 is 0. The number of piperidine rings is 1. The van der Waals surface area contributed by atoms with Crippen molar-refractivity contribution in [2.75, 3.05) is 32.1 Å². The zero-order valence-corrected chi connectivity index (χ0v) is 10.6. The van der Waals surface area contributed by atoms with Crippen molar-refractivity contribution in [3.05, 3.63) is 24.0 Å². The molecule has 1 saturated heterocycles. The molecule has 0 aromatic carbocycles. The lowest BCUT2D eigenvalue weighted by atomic mass is 9.92. The molecule has 17 heavy (non-hydrogen) atoms. The Kier molecular flexibility index (Phi) is 3.97. The first kappa shape index (κ1) is 12.3. The van der Waals surface area contributed by atoms with Crippen LogP contribution in [0.2, 0.25) is 0 Å². The molecule has 0 saturated carbocycles. The third-order valence-corrected chi connectivity index (χ3v) is 3.46. The molecule has 0 spiro atoms. The number of ether oxygens (including phenoxy) is 1. The molecular formula is C13H21N3O. The first-order valence-corrected chi connectivity index (χ1v) is 6.16. The third kappa shape index (κ3) is 3.17. The summed E-state index contributed by atoms with van der Waals surface area (Å²) in [5.41, 5.74) is 2.13. The smallest absolute Gasteiger partial charge is 0.0874 e. The van der Waals surface area contributed by atoms with Crippen LogP contribution in [0.3, 0.4) is 0 Å². The Morgan fingerprint density at radius 3 is 2.88 bits per heavy atom. The van der Waals surface area contributed by atoms with E-state index in [0.29, 0.717) is 0 Å². The van der Waals surface area contributed by atoms with Gasteiger partial charge in [-0.05, 0) is 45.0 Å². The van der Waals surface area contributed by atoms with Crippen LogP contribution in [0, 0.1) is 6.92 Å². The lowest BCUT2D eigenvalue weighted by Crippen LogP contribution is -2.48. The Bertz CT molecular complexity index is 361. The summed E-state index contributed by atoms with van der Waals surface area (Å²) in [6.07, 6.45) is 3.95. The Morgan fingerprint density at radius 1 is 1.47 bits per heavy atom. The van der Waals surface area contributed by atoms with E-state index in [1.807, 2.05) is 26.3 Å². The van der Waals surface area contributed by atoms with E-state index in [1.54, 1.807) is 0 Å².